The largest absolute Gasteiger partial charge is 0.465 e. The fourth-order valence-corrected chi connectivity index (χ4v) is 9.62. The van der Waals surface area contributed by atoms with E-state index in [1.165, 1.54) is 148 Å². The monoisotopic (exact) mass is 810 g/mol. The highest BCUT2D eigenvalue weighted by molar-refractivity contribution is 7.99. The van der Waals surface area contributed by atoms with Crippen LogP contribution in [0.15, 0.2) is 0 Å². The van der Waals surface area contributed by atoms with Gasteiger partial charge >= 0.3 is 11.9 Å². The first-order chi connectivity index (χ1) is 27.4. The predicted molar refractivity (Wildman–Crippen MR) is 243 cm³/mol. The summed E-state index contributed by atoms with van der Waals surface area (Å²) in [6, 6.07) is 0.564. The summed E-state index contributed by atoms with van der Waals surface area (Å²) in [5.41, 5.74) is 0. The summed E-state index contributed by atoms with van der Waals surface area (Å²) >= 11 is 1.99. The second-order valence-corrected chi connectivity index (χ2v) is 18.8. The maximum atomic E-state index is 13.1. The third-order valence-electron chi connectivity index (χ3n) is 12.4. The molecule has 332 valence electrons. The van der Waals surface area contributed by atoms with Crippen molar-refractivity contribution in [2.45, 2.75) is 251 Å². The first-order valence-corrected chi connectivity index (χ1v) is 25.8. The molecule has 3 unspecified atom stereocenters. The number of hydrogen-bond donors (Lipinski definition) is 1. The lowest BCUT2D eigenvalue weighted by Crippen LogP contribution is -2.32. The van der Waals surface area contributed by atoms with Gasteiger partial charge in [-0.25, -0.2) is 0 Å². The molecular weight excluding hydrogens is 715 g/mol. The summed E-state index contributed by atoms with van der Waals surface area (Å²) < 4.78 is 12.0. The first kappa shape index (κ1) is 53.2. The Morgan fingerprint density at radius 3 is 1.80 bits per heavy atom. The molecule has 0 bridgehead atoms. The number of ether oxygens (including phenoxy) is 2. The van der Waals surface area contributed by atoms with Crippen molar-refractivity contribution in [3.63, 3.8) is 0 Å². The van der Waals surface area contributed by atoms with Crippen molar-refractivity contribution in [3.05, 3.63) is 0 Å². The van der Waals surface area contributed by atoms with Crippen LogP contribution in [0.1, 0.15) is 239 Å². The van der Waals surface area contributed by atoms with E-state index in [-0.39, 0.29) is 30.6 Å². The Morgan fingerprint density at radius 2 is 1.18 bits per heavy atom. The number of rotatable bonds is 40. The zero-order chi connectivity index (χ0) is 40.7. The molecule has 0 amide bonds. The van der Waals surface area contributed by atoms with Crippen LogP contribution in [0.2, 0.25) is 0 Å². The van der Waals surface area contributed by atoms with Gasteiger partial charge in [-0.2, -0.15) is 11.8 Å². The van der Waals surface area contributed by atoms with Crippen LogP contribution < -0.4 is 0 Å². The molecule has 3 atom stereocenters. The molecule has 0 aromatic rings. The highest BCUT2D eigenvalue weighted by atomic mass is 32.2. The Kier molecular flexibility index (Phi) is 37.7. The van der Waals surface area contributed by atoms with E-state index in [1.54, 1.807) is 0 Å². The van der Waals surface area contributed by atoms with Crippen LogP contribution in [0, 0.1) is 11.8 Å². The third kappa shape index (κ3) is 31.2. The Hall–Kier alpha value is -0.790. The molecule has 6 nitrogen and oxygen atoms in total. The molecule has 0 aliphatic heterocycles. The zero-order valence-corrected chi connectivity index (χ0v) is 38.6. The minimum Gasteiger partial charge on any atom is -0.465 e. The van der Waals surface area contributed by atoms with E-state index < -0.39 is 0 Å². The molecule has 0 saturated heterocycles. The average Bonchev–Trinajstić information content (AvgIpc) is 3.46. The van der Waals surface area contributed by atoms with E-state index in [1.807, 2.05) is 11.8 Å². The minimum absolute atomic E-state index is 0.0498. The van der Waals surface area contributed by atoms with Crippen LogP contribution in [0.4, 0.5) is 0 Å². The standard InChI is InChI=1S/C49H95NO5S/c1-5-8-11-14-15-23-34-45(33-22-12-9-6-2)49(53)54-40-29-18-24-35-46(50(4)38-27-28-39-51)36-25-19-30-41-56-43-47(37-26-13-10-7-3)55-48(52)42-44-31-20-16-17-21-32-44/h44-47,51H,5-43H2,1-4H3. The van der Waals surface area contributed by atoms with E-state index in [0.717, 1.165) is 82.3 Å². The quantitative estimate of drug-likeness (QED) is 0.0375. The van der Waals surface area contributed by atoms with Gasteiger partial charge in [-0.1, -0.05) is 156 Å². The SMILES string of the molecule is CCCCCCCCC(CCCCCC)C(=O)OCCCCCC(CCCCCSCC(CCCCCC)OC(=O)CC1CCCCCC1)N(C)CCCCO. The minimum atomic E-state index is 0.0498. The molecule has 56 heavy (non-hydrogen) atoms. The molecule has 0 aromatic heterocycles. The Balaban J connectivity index is 2.43. The van der Waals surface area contributed by atoms with E-state index in [4.69, 9.17) is 9.47 Å². The molecule has 1 rings (SSSR count). The molecule has 1 aliphatic rings. The van der Waals surface area contributed by atoms with Crippen molar-refractivity contribution in [1.82, 2.24) is 4.90 Å². The molecule has 1 fully saturated rings. The highest BCUT2D eigenvalue weighted by Crippen LogP contribution is 2.27. The lowest BCUT2D eigenvalue weighted by molar-refractivity contribution is -0.150. The maximum absolute atomic E-state index is 13.1. The molecule has 7 heteroatoms. The Labute approximate surface area is 352 Å². The van der Waals surface area contributed by atoms with Gasteiger partial charge in [0.2, 0.25) is 0 Å². The van der Waals surface area contributed by atoms with Crippen LogP contribution in [-0.2, 0) is 19.1 Å². The van der Waals surface area contributed by atoms with Gasteiger partial charge in [0.25, 0.3) is 0 Å². The van der Waals surface area contributed by atoms with Gasteiger partial charge in [0.15, 0.2) is 0 Å². The number of aliphatic hydroxyl groups excluding tert-OH is 1. The molecule has 1 saturated carbocycles. The second-order valence-electron chi connectivity index (χ2n) is 17.6. The molecule has 1 aliphatic carbocycles. The highest BCUT2D eigenvalue weighted by Gasteiger charge is 2.22. The number of carbonyl (C=O) groups is 2. The summed E-state index contributed by atoms with van der Waals surface area (Å²) in [7, 11) is 2.27. The number of nitrogens with zero attached hydrogens (tertiary/aromatic N) is 1. The van der Waals surface area contributed by atoms with Crippen LogP contribution >= 0.6 is 11.8 Å². The topological polar surface area (TPSA) is 76.1 Å². The molecule has 0 aromatic carbocycles. The van der Waals surface area contributed by atoms with Crippen LogP contribution in [-0.4, -0.2) is 72.4 Å². The van der Waals surface area contributed by atoms with Gasteiger partial charge in [0.05, 0.1) is 12.5 Å². The summed E-state index contributed by atoms with van der Waals surface area (Å²) in [5, 5.41) is 9.34. The summed E-state index contributed by atoms with van der Waals surface area (Å²) in [5.74, 6) is 2.80. The smallest absolute Gasteiger partial charge is 0.308 e. The molecule has 0 radical (unpaired) electrons. The van der Waals surface area contributed by atoms with Crippen molar-refractivity contribution in [2.75, 3.05) is 38.3 Å². The Bertz CT molecular complexity index is 865. The van der Waals surface area contributed by atoms with Crippen molar-refractivity contribution in [2.24, 2.45) is 11.8 Å². The number of esters is 2. The lowest BCUT2D eigenvalue weighted by Gasteiger charge is -2.28. The summed E-state index contributed by atoms with van der Waals surface area (Å²) in [6.45, 7) is 8.63. The van der Waals surface area contributed by atoms with E-state index in [0.29, 0.717) is 25.0 Å². The summed E-state index contributed by atoms with van der Waals surface area (Å²) in [4.78, 5) is 28.5. The summed E-state index contributed by atoms with van der Waals surface area (Å²) in [6.07, 6.45) is 39.9. The van der Waals surface area contributed by atoms with Crippen LogP contribution in [0.3, 0.4) is 0 Å². The van der Waals surface area contributed by atoms with Gasteiger partial charge in [0.1, 0.15) is 6.10 Å². The lowest BCUT2D eigenvalue weighted by atomic mass is 9.94. The van der Waals surface area contributed by atoms with Crippen LogP contribution in [0.5, 0.6) is 0 Å². The number of thioether (sulfide) groups is 1. The first-order valence-electron chi connectivity index (χ1n) is 24.7. The van der Waals surface area contributed by atoms with E-state index in [9.17, 15) is 14.7 Å². The van der Waals surface area contributed by atoms with Crippen molar-refractivity contribution in [3.8, 4) is 0 Å². The fourth-order valence-electron chi connectivity index (χ4n) is 8.55. The number of unbranched alkanes of at least 4 members (excludes halogenated alkanes) is 16. The fraction of sp³-hybridized carbons (Fsp3) is 0.959. The zero-order valence-electron chi connectivity index (χ0n) is 37.8. The van der Waals surface area contributed by atoms with Gasteiger partial charge in [-0.3, -0.25) is 9.59 Å². The van der Waals surface area contributed by atoms with E-state index in [2.05, 4.69) is 32.7 Å². The van der Waals surface area contributed by atoms with Crippen molar-refractivity contribution in [1.29, 1.82) is 0 Å². The molecule has 1 N–H and O–H groups in total. The van der Waals surface area contributed by atoms with Crippen molar-refractivity contribution >= 4 is 23.7 Å². The normalized spacial score (nSPS) is 15.5. The molecular formula is C49H95NO5S. The number of hydrogen-bond acceptors (Lipinski definition) is 7. The number of carbonyl (C=O) groups excluding carboxylic acids is 2. The van der Waals surface area contributed by atoms with Gasteiger partial charge in [-0.15, -0.1) is 0 Å². The predicted octanol–water partition coefficient (Wildman–Crippen LogP) is 14.0. The number of aliphatic hydroxyl groups is 1. The van der Waals surface area contributed by atoms with Gasteiger partial charge in [0, 0.05) is 24.8 Å². The van der Waals surface area contributed by atoms with Gasteiger partial charge < -0.3 is 19.5 Å². The molecule has 0 spiro atoms. The van der Waals surface area contributed by atoms with Crippen LogP contribution in [0.25, 0.3) is 0 Å². The van der Waals surface area contributed by atoms with Crippen molar-refractivity contribution < 1.29 is 24.2 Å². The van der Waals surface area contributed by atoms with E-state index >= 15 is 0 Å². The maximum Gasteiger partial charge on any atom is 0.308 e. The average molecular weight is 810 g/mol. The Morgan fingerprint density at radius 1 is 0.643 bits per heavy atom. The molecule has 0 heterocycles. The second kappa shape index (κ2) is 39.7. The van der Waals surface area contributed by atoms with Gasteiger partial charge in [-0.05, 0) is 102 Å². The third-order valence-corrected chi connectivity index (χ3v) is 13.5.